The molecule has 1 fully saturated rings. The Morgan fingerprint density at radius 3 is 2.76 bits per heavy atom. The van der Waals surface area contributed by atoms with Crippen LogP contribution < -0.4 is 11.1 Å². The van der Waals surface area contributed by atoms with Gasteiger partial charge in [-0.2, -0.15) is 15.0 Å². The SMILES string of the molecule is CC(O)C1CCCCN1Cc1nc(N)nc(Nc2ccc(F)cc2)n1. The molecule has 0 amide bonds. The van der Waals surface area contributed by atoms with Gasteiger partial charge >= 0.3 is 0 Å². The standard InChI is InChI=1S/C17H23FN6O/c1-11(25)14-4-2-3-9-24(14)10-15-21-16(19)23-17(22-15)20-13-7-5-12(18)6-8-13/h5-8,11,14,25H,2-4,9-10H2,1H3,(H3,19,20,21,22,23). The van der Waals surface area contributed by atoms with Crippen LogP contribution in [0.3, 0.4) is 0 Å². The van der Waals surface area contributed by atoms with Crippen LogP contribution in [-0.4, -0.2) is 43.6 Å². The highest BCUT2D eigenvalue weighted by molar-refractivity contribution is 5.53. The predicted octanol–water partition coefficient (Wildman–Crippen LogP) is 2.07. The van der Waals surface area contributed by atoms with Crippen LogP contribution in [0.2, 0.25) is 0 Å². The first kappa shape index (κ1) is 17.5. The molecule has 134 valence electrons. The van der Waals surface area contributed by atoms with Gasteiger partial charge < -0.3 is 16.2 Å². The maximum atomic E-state index is 13.0. The minimum Gasteiger partial charge on any atom is -0.392 e. The monoisotopic (exact) mass is 346 g/mol. The van der Waals surface area contributed by atoms with Crippen LogP contribution in [0.5, 0.6) is 0 Å². The highest BCUT2D eigenvalue weighted by Crippen LogP contribution is 2.22. The lowest BCUT2D eigenvalue weighted by atomic mass is 9.98. The molecular formula is C17H23FN6O. The van der Waals surface area contributed by atoms with Gasteiger partial charge in [-0.3, -0.25) is 4.90 Å². The number of aliphatic hydroxyl groups excluding tert-OH is 1. The minimum atomic E-state index is -0.406. The molecule has 2 atom stereocenters. The van der Waals surface area contributed by atoms with Gasteiger partial charge in [-0.05, 0) is 50.6 Å². The number of nitrogens with two attached hydrogens (primary N) is 1. The van der Waals surface area contributed by atoms with Gasteiger partial charge in [0.15, 0.2) is 0 Å². The number of nitrogens with zero attached hydrogens (tertiary/aromatic N) is 4. The summed E-state index contributed by atoms with van der Waals surface area (Å²) in [5.74, 6) is 0.681. The molecule has 1 saturated heterocycles. The third-order valence-electron chi connectivity index (χ3n) is 4.36. The third kappa shape index (κ3) is 4.61. The highest BCUT2D eigenvalue weighted by atomic mass is 19.1. The number of aromatic nitrogens is 3. The van der Waals surface area contributed by atoms with Gasteiger partial charge in [-0.1, -0.05) is 6.42 Å². The van der Waals surface area contributed by atoms with Crippen molar-refractivity contribution in [2.75, 3.05) is 17.6 Å². The molecule has 0 aliphatic carbocycles. The van der Waals surface area contributed by atoms with Gasteiger partial charge in [0, 0.05) is 11.7 Å². The number of hydrogen-bond acceptors (Lipinski definition) is 7. The molecule has 0 radical (unpaired) electrons. The molecule has 1 aromatic carbocycles. The second-order valence-electron chi connectivity index (χ2n) is 6.34. The van der Waals surface area contributed by atoms with Gasteiger partial charge in [0.2, 0.25) is 11.9 Å². The van der Waals surface area contributed by atoms with E-state index in [1.807, 2.05) is 6.92 Å². The van der Waals surface area contributed by atoms with Crippen LogP contribution in [0.15, 0.2) is 24.3 Å². The summed E-state index contributed by atoms with van der Waals surface area (Å²) >= 11 is 0. The Morgan fingerprint density at radius 2 is 2.04 bits per heavy atom. The quantitative estimate of drug-likeness (QED) is 0.762. The normalized spacial score (nSPS) is 19.6. The molecule has 2 heterocycles. The zero-order chi connectivity index (χ0) is 17.8. The maximum absolute atomic E-state index is 13.0. The number of halogens is 1. The van der Waals surface area contributed by atoms with Crippen LogP contribution >= 0.6 is 0 Å². The van der Waals surface area contributed by atoms with Gasteiger partial charge in [0.25, 0.3) is 0 Å². The minimum absolute atomic E-state index is 0.0975. The van der Waals surface area contributed by atoms with Crippen molar-refractivity contribution in [1.29, 1.82) is 0 Å². The van der Waals surface area contributed by atoms with E-state index in [1.165, 1.54) is 12.1 Å². The lowest BCUT2D eigenvalue weighted by Gasteiger charge is -2.36. The fourth-order valence-corrected chi connectivity index (χ4v) is 3.17. The molecule has 1 aliphatic rings. The first-order valence-corrected chi connectivity index (χ1v) is 8.46. The molecule has 4 N–H and O–H groups in total. The van der Waals surface area contributed by atoms with E-state index >= 15 is 0 Å². The Morgan fingerprint density at radius 1 is 1.28 bits per heavy atom. The number of aliphatic hydroxyl groups is 1. The Bertz CT molecular complexity index is 709. The van der Waals surface area contributed by atoms with Gasteiger partial charge in [-0.25, -0.2) is 4.39 Å². The van der Waals surface area contributed by atoms with Crippen molar-refractivity contribution in [3.05, 3.63) is 35.9 Å². The largest absolute Gasteiger partial charge is 0.392 e. The van der Waals surface area contributed by atoms with Crippen molar-refractivity contribution < 1.29 is 9.50 Å². The van der Waals surface area contributed by atoms with E-state index in [2.05, 4.69) is 25.2 Å². The number of likely N-dealkylation sites (tertiary alicyclic amines) is 1. The first-order valence-electron chi connectivity index (χ1n) is 8.46. The van der Waals surface area contributed by atoms with E-state index in [9.17, 15) is 9.50 Å². The van der Waals surface area contributed by atoms with E-state index < -0.39 is 6.10 Å². The third-order valence-corrected chi connectivity index (χ3v) is 4.36. The zero-order valence-corrected chi connectivity index (χ0v) is 14.2. The first-order chi connectivity index (χ1) is 12.0. The zero-order valence-electron chi connectivity index (χ0n) is 14.2. The number of hydrogen-bond donors (Lipinski definition) is 3. The lowest BCUT2D eigenvalue weighted by molar-refractivity contribution is 0.0302. The molecule has 0 bridgehead atoms. The number of rotatable bonds is 5. The molecule has 2 aromatic rings. The summed E-state index contributed by atoms with van der Waals surface area (Å²) in [6.07, 6.45) is 2.75. The summed E-state index contributed by atoms with van der Waals surface area (Å²) < 4.78 is 13.0. The van der Waals surface area contributed by atoms with Gasteiger partial charge in [-0.15, -0.1) is 0 Å². The smallest absolute Gasteiger partial charge is 0.232 e. The summed E-state index contributed by atoms with van der Waals surface area (Å²) in [6, 6.07) is 6.01. The summed E-state index contributed by atoms with van der Waals surface area (Å²) in [5, 5.41) is 13.0. The van der Waals surface area contributed by atoms with E-state index in [0.29, 0.717) is 24.0 Å². The fraction of sp³-hybridized carbons (Fsp3) is 0.471. The summed E-state index contributed by atoms with van der Waals surface area (Å²) in [7, 11) is 0. The average molecular weight is 346 g/mol. The maximum Gasteiger partial charge on any atom is 0.232 e. The molecule has 25 heavy (non-hydrogen) atoms. The molecule has 0 spiro atoms. The fourth-order valence-electron chi connectivity index (χ4n) is 3.17. The molecule has 1 aromatic heterocycles. The van der Waals surface area contributed by atoms with Gasteiger partial charge in [0.1, 0.15) is 11.6 Å². The number of benzene rings is 1. The van der Waals surface area contributed by atoms with E-state index in [-0.39, 0.29) is 17.8 Å². The van der Waals surface area contributed by atoms with Crippen LogP contribution in [0, 0.1) is 5.82 Å². The van der Waals surface area contributed by atoms with Crippen molar-refractivity contribution in [2.45, 2.75) is 44.9 Å². The van der Waals surface area contributed by atoms with Gasteiger partial charge in [0.05, 0.1) is 12.6 Å². The molecule has 3 rings (SSSR count). The summed E-state index contributed by atoms with van der Waals surface area (Å²) in [6.45, 7) is 3.20. The van der Waals surface area contributed by atoms with Crippen molar-refractivity contribution in [3.8, 4) is 0 Å². The predicted molar refractivity (Wildman–Crippen MR) is 93.7 cm³/mol. The number of piperidine rings is 1. The Hall–Kier alpha value is -2.32. The van der Waals surface area contributed by atoms with Crippen molar-refractivity contribution in [1.82, 2.24) is 19.9 Å². The van der Waals surface area contributed by atoms with Crippen LogP contribution in [0.4, 0.5) is 22.0 Å². The molecule has 1 aliphatic heterocycles. The van der Waals surface area contributed by atoms with Crippen LogP contribution in [0.1, 0.15) is 32.0 Å². The Labute approximate surface area is 146 Å². The summed E-state index contributed by atoms with van der Waals surface area (Å²) in [5.41, 5.74) is 6.47. The molecule has 8 heteroatoms. The molecule has 0 saturated carbocycles. The lowest BCUT2D eigenvalue weighted by Crippen LogP contribution is -2.45. The second-order valence-corrected chi connectivity index (χ2v) is 6.34. The van der Waals surface area contributed by atoms with E-state index in [1.54, 1.807) is 12.1 Å². The molecule has 7 nitrogen and oxygen atoms in total. The topological polar surface area (TPSA) is 100 Å². The molecule has 2 unspecified atom stereocenters. The van der Waals surface area contributed by atoms with Crippen LogP contribution in [0.25, 0.3) is 0 Å². The molecular weight excluding hydrogens is 323 g/mol. The second kappa shape index (κ2) is 7.71. The highest BCUT2D eigenvalue weighted by Gasteiger charge is 2.27. The van der Waals surface area contributed by atoms with E-state index in [4.69, 9.17) is 5.73 Å². The van der Waals surface area contributed by atoms with Crippen molar-refractivity contribution in [2.24, 2.45) is 0 Å². The van der Waals surface area contributed by atoms with Crippen molar-refractivity contribution in [3.63, 3.8) is 0 Å². The average Bonchev–Trinajstić information content (AvgIpc) is 2.57. The number of nitrogen functional groups attached to an aromatic ring is 1. The summed E-state index contributed by atoms with van der Waals surface area (Å²) in [4.78, 5) is 14.9. The number of nitrogens with one attached hydrogen (secondary N) is 1. The van der Waals surface area contributed by atoms with Crippen molar-refractivity contribution >= 4 is 17.6 Å². The van der Waals surface area contributed by atoms with Crippen LogP contribution in [-0.2, 0) is 6.54 Å². The Kier molecular flexibility index (Phi) is 5.40. The number of anilines is 3. The Balaban J connectivity index is 1.75. The van der Waals surface area contributed by atoms with E-state index in [0.717, 1.165) is 25.8 Å².